The molecule has 3 heterocycles. The van der Waals surface area contributed by atoms with E-state index >= 15 is 0 Å². The van der Waals surface area contributed by atoms with Crippen LogP contribution in [0.5, 0.6) is 5.75 Å². The van der Waals surface area contributed by atoms with E-state index in [1.54, 1.807) is 53.4 Å². The monoisotopic (exact) mass is 461 g/mol. The molecule has 0 spiro atoms. The molecule has 3 aromatic rings. The Balaban J connectivity index is 1.56. The van der Waals surface area contributed by atoms with Crippen molar-refractivity contribution in [1.82, 2.24) is 19.8 Å². The van der Waals surface area contributed by atoms with E-state index in [0.717, 1.165) is 16.3 Å². The van der Waals surface area contributed by atoms with Gasteiger partial charge in [0.15, 0.2) is 6.61 Å². The van der Waals surface area contributed by atoms with Gasteiger partial charge in [-0.2, -0.15) is 5.26 Å². The number of benzene rings is 1. The van der Waals surface area contributed by atoms with Gasteiger partial charge in [-0.1, -0.05) is 12.1 Å². The number of hydrogen-bond acceptors (Lipinski definition) is 7. The Morgan fingerprint density at radius 1 is 1.18 bits per heavy atom. The summed E-state index contributed by atoms with van der Waals surface area (Å²) in [5.74, 6) is 0.150. The van der Waals surface area contributed by atoms with Crippen molar-refractivity contribution in [2.24, 2.45) is 0 Å². The first-order chi connectivity index (χ1) is 16.1. The topological polar surface area (TPSA) is 99.4 Å². The number of pyridine rings is 1. The summed E-state index contributed by atoms with van der Waals surface area (Å²) in [6.45, 7) is 2.73. The van der Waals surface area contributed by atoms with Gasteiger partial charge in [-0.05, 0) is 30.7 Å². The lowest BCUT2D eigenvalue weighted by Gasteiger charge is -2.28. The predicted octanol–water partition coefficient (Wildman–Crippen LogP) is 3.28. The third-order valence-corrected chi connectivity index (χ3v) is 6.51. The van der Waals surface area contributed by atoms with Crippen molar-refractivity contribution in [2.75, 3.05) is 26.2 Å². The molecule has 1 unspecified atom stereocenters. The minimum absolute atomic E-state index is 0.0149. The summed E-state index contributed by atoms with van der Waals surface area (Å²) < 4.78 is 5.70. The average Bonchev–Trinajstić information content (AvgIpc) is 3.22. The number of nitriles is 1. The molecule has 1 atom stereocenters. The maximum absolute atomic E-state index is 13.2. The van der Waals surface area contributed by atoms with E-state index < -0.39 is 0 Å². The molecule has 1 aliphatic heterocycles. The van der Waals surface area contributed by atoms with Gasteiger partial charge in [0, 0.05) is 49.9 Å². The summed E-state index contributed by atoms with van der Waals surface area (Å²) >= 11 is 1.50. The van der Waals surface area contributed by atoms with Gasteiger partial charge in [0.2, 0.25) is 5.91 Å². The molecule has 33 heavy (non-hydrogen) atoms. The molecule has 1 aromatic carbocycles. The maximum atomic E-state index is 13.2. The molecule has 8 nitrogen and oxygen atoms in total. The number of amides is 2. The third kappa shape index (κ3) is 5.18. The number of nitrogens with zero attached hydrogens (tertiary/aromatic N) is 5. The fourth-order valence-electron chi connectivity index (χ4n) is 3.80. The Bertz CT molecular complexity index is 1170. The van der Waals surface area contributed by atoms with Gasteiger partial charge in [-0.15, -0.1) is 11.3 Å². The molecular weight excluding hydrogens is 438 g/mol. The highest BCUT2D eigenvalue weighted by molar-refractivity contribution is 7.10. The molecule has 0 saturated carbocycles. The van der Waals surface area contributed by atoms with Crippen LogP contribution in [-0.2, 0) is 9.59 Å². The van der Waals surface area contributed by atoms with Crippen LogP contribution in [-0.4, -0.2) is 57.8 Å². The van der Waals surface area contributed by atoms with E-state index in [0.29, 0.717) is 37.4 Å². The number of hydrogen-bond donors (Lipinski definition) is 0. The van der Waals surface area contributed by atoms with Crippen molar-refractivity contribution in [3.63, 3.8) is 0 Å². The predicted molar refractivity (Wildman–Crippen MR) is 123 cm³/mol. The normalized spacial score (nSPS) is 16.1. The van der Waals surface area contributed by atoms with Crippen LogP contribution in [0.3, 0.4) is 0 Å². The summed E-state index contributed by atoms with van der Waals surface area (Å²) in [6.07, 6.45) is 4.03. The molecule has 1 fully saturated rings. The highest BCUT2D eigenvalue weighted by Gasteiger charge is 2.32. The van der Waals surface area contributed by atoms with E-state index in [9.17, 15) is 14.9 Å². The van der Waals surface area contributed by atoms with Crippen LogP contribution in [0.25, 0.3) is 11.3 Å². The van der Waals surface area contributed by atoms with Crippen LogP contribution in [0.15, 0.2) is 54.2 Å². The molecule has 2 aromatic heterocycles. The Hall–Kier alpha value is -3.77. The highest BCUT2D eigenvalue weighted by Crippen LogP contribution is 2.32. The van der Waals surface area contributed by atoms with Crippen molar-refractivity contribution in [1.29, 1.82) is 5.26 Å². The minimum atomic E-state index is -0.266. The van der Waals surface area contributed by atoms with Crippen LogP contribution in [0, 0.1) is 11.3 Å². The van der Waals surface area contributed by atoms with Gasteiger partial charge in [0.25, 0.3) is 5.91 Å². The molecule has 0 bridgehead atoms. The van der Waals surface area contributed by atoms with Gasteiger partial charge in [-0.25, -0.2) is 4.98 Å². The van der Waals surface area contributed by atoms with E-state index in [4.69, 9.17) is 9.72 Å². The highest BCUT2D eigenvalue weighted by atomic mass is 32.1. The molecule has 2 amide bonds. The Labute approximate surface area is 196 Å². The molecule has 0 N–H and O–H groups in total. The summed E-state index contributed by atoms with van der Waals surface area (Å²) in [5.41, 5.74) is 2.17. The largest absolute Gasteiger partial charge is 0.482 e. The van der Waals surface area contributed by atoms with Gasteiger partial charge in [-0.3, -0.25) is 14.6 Å². The Morgan fingerprint density at radius 3 is 2.73 bits per heavy atom. The SMILES string of the molecule is CC(=O)N1CCC(c2nc(-c3ccncc3)cs2)N(C(=O)COc2ccccc2C#N)CC1. The van der Waals surface area contributed by atoms with Gasteiger partial charge >= 0.3 is 0 Å². The lowest BCUT2D eigenvalue weighted by atomic mass is 10.1. The molecule has 0 radical (unpaired) electrons. The number of carbonyl (C=O) groups is 2. The zero-order chi connectivity index (χ0) is 23.2. The van der Waals surface area contributed by atoms with Crippen molar-refractivity contribution in [3.05, 3.63) is 64.7 Å². The van der Waals surface area contributed by atoms with Crippen LogP contribution in [0.1, 0.15) is 30.0 Å². The lowest BCUT2D eigenvalue weighted by molar-refractivity contribution is -0.136. The number of rotatable bonds is 5. The van der Waals surface area contributed by atoms with Gasteiger partial charge in [0.05, 0.1) is 17.3 Å². The Morgan fingerprint density at radius 2 is 1.97 bits per heavy atom. The Kier molecular flexibility index (Phi) is 6.95. The first kappa shape index (κ1) is 22.4. The van der Waals surface area contributed by atoms with E-state index in [-0.39, 0.29) is 24.5 Å². The van der Waals surface area contributed by atoms with Crippen LogP contribution in [0.2, 0.25) is 0 Å². The molecule has 1 aliphatic rings. The smallest absolute Gasteiger partial charge is 0.261 e. The number of para-hydroxylation sites is 1. The van der Waals surface area contributed by atoms with Crippen LogP contribution in [0.4, 0.5) is 0 Å². The number of thiazole rings is 1. The second-order valence-electron chi connectivity index (χ2n) is 7.60. The maximum Gasteiger partial charge on any atom is 0.261 e. The van der Waals surface area contributed by atoms with Crippen molar-refractivity contribution < 1.29 is 14.3 Å². The number of ether oxygens (including phenoxy) is 1. The standard InChI is InChI=1S/C24H23N5O3S/c1-17(30)28-11-8-21(24-27-20(16-33-24)18-6-9-26-10-7-18)29(13-12-28)23(31)15-32-22-5-3-2-4-19(22)14-25/h2-7,9-10,16,21H,8,11-13,15H2,1H3. The fraction of sp³-hybridized carbons (Fsp3) is 0.292. The molecular formula is C24H23N5O3S. The zero-order valence-electron chi connectivity index (χ0n) is 18.2. The molecule has 1 saturated heterocycles. The number of carbonyl (C=O) groups excluding carboxylic acids is 2. The summed E-state index contributed by atoms with van der Waals surface area (Å²) in [7, 11) is 0. The average molecular weight is 462 g/mol. The van der Waals surface area contributed by atoms with E-state index in [1.165, 1.54) is 11.3 Å². The molecule has 0 aliphatic carbocycles. The molecule has 4 rings (SSSR count). The molecule has 9 heteroatoms. The first-order valence-electron chi connectivity index (χ1n) is 10.6. The third-order valence-electron chi connectivity index (χ3n) is 5.57. The zero-order valence-corrected chi connectivity index (χ0v) is 19.0. The summed E-state index contributed by atoms with van der Waals surface area (Å²) in [5, 5.41) is 12.1. The quantitative estimate of drug-likeness (QED) is 0.578. The minimum Gasteiger partial charge on any atom is -0.482 e. The van der Waals surface area contributed by atoms with Crippen molar-refractivity contribution >= 4 is 23.2 Å². The fourth-order valence-corrected chi connectivity index (χ4v) is 4.78. The van der Waals surface area contributed by atoms with Crippen molar-refractivity contribution in [3.8, 4) is 23.1 Å². The summed E-state index contributed by atoms with van der Waals surface area (Å²) in [6, 6.07) is 12.4. The molecule has 168 valence electrons. The van der Waals surface area contributed by atoms with E-state index in [1.807, 2.05) is 17.5 Å². The second-order valence-corrected chi connectivity index (χ2v) is 8.49. The van der Waals surface area contributed by atoms with Gasteiger partial charge in [0.1, 0.15) is 16.8 Å². The van der Waals surface area contributed by atoms with Crippen molar-refractivity contribution in [2.45, 2.75) is 19.4 Å². The van der Waals surface area contributed by atoms with E-state index in [2.05, 4.69) is 11.1 Å². The lowest BCUT2D eigenvalue weighted by Crippen LogP contribution is -2.40. The second kappa shape index (κ2) is 10.2. The van der Waals surface area contributed by atoms with Crippen LogP contribution < -0.4 is 4.74 Å². The van der Waals surface area contributed by atoms with Gasteiger partial charge < -0.3 is 14.5 Å². The first-order valence-corrected chi connectivity index (χ1v) is 11.5. The summed E-state index contributed by atoms with van der Waals surface area (Å²) in [4.78, 5) is 37.6. The number of aromatic nitrogens is 2. The van der Waals surface area contributed by atoms with Crippen LogP contribution >= 0.6 is 11.3 Å².